The van der Waals surface area contributed by atoms with E-state index < -0.39 is 0 Å². The van der Waals surface area contributed by atoms with Crippen LogP contribution in [0.4, 0.5) is 0 Å². The van der Waals surface area contributed by atoms with Crippen molar-refractivity contribution in [1.82, 2.24) is 14.7 Å². The van der Waals surface area contributed by atoms with E-state index in [1.54, 1.807) is 0 Å². The number of hydrogen-bond donors (Lipinski definition) is 1. The molecule has 0 aliphatic carbocycles. The number of hydrogen-bond acceptors (Lipinski definition) is 4. The maximum atomic E-state index is 12.7. The van der Waals surface area contributed by atoms with Crippen LogP contribution >= 0.6 is 35.3 Å². The highest BCUT2D eigenvalue weighted by molar-refractivity contribution is 7.20. The summed E-state index contributed by atoms with van der Waals surface area (Å²) < 4.78 is 1.93. The minimum atomic E-state index is 0. The number of rotatable bonds is 3. The normalized spacial score (nSPS) is 16.9. The molecule has 26 heavy (non-hydrogen) atoms. The Morgan fingerprint density at radius 1 is 1.42 bits per heavy atom. The zero-order chi connectivity index (χ0) is 17.6. The van der Waals surface area contributed by atoms with E-state index in [-0.39, 0.29) is 24.4 Å². The molecule has 0 unspecified atom stereocenters. The average molecular weight is 411 g/mol. The van der Waals surface area contributed by atoms with Gasteiger partial charge in [-0.25, -0.2) is 0 Å². The Hall–Kier alpha value is -1.60. The van der Waals surface area contributed by atoms with E-state index in [1.807, 2.05) is 46.8 Å². The third-order valence-electron chi connectivity index (χ3n) is 4.61. The van der Waals surface area contributed by atoms with Crippen LogP contribution in [-0.2, 0) is 6.54 Å². The molecule has 0 radical (unpaired) electrons. The number of halogens is 2. The maximum Gasteiger partial charge on any atom is 0.264 e. The maximum absolute atomic E-state index is 12.7. The van der Waals surface area contributed by atoms with E-state index in [2.05, 4.69) is 5.10 Å². The number of benzene rings is 1. The number of carbonyl (C=O) groups excluding carboxylic acids is 1. The standard InChI is InChI=1S/C18H19ClN4OS.ClH/c1-11-14-8-16(17(24)22-7-6-13(20)10-22)25-18(14)23(21-11)9-12-4-2-3-5-15(12)19;/h2-5,8,13H,6-7,9-10,20H2,1H3;1H/t13-;/m1./s1. The number of nitrogens with two attached hydrogens (primary N) is 1. The minimum absolute atomic E-state index is 0. The van der Waals surface area contributed by atoms with E-state index >= 15 is 0 Å². The lowest BCUT2D eigenvalue weighted by atomic mass is 10.2. The Morgan fingerprint density at radius 2 is 2.19 bits per heavy atom. The average Bonchev–Trinajstić information content (AvgIpc) is 3.27. The zero-order valence-electron chi connectivity index (χ0n) is 14.3. The van der Waals surface area contributed by atoms with Gasteiger partial charge in [-0.3, -0.25) is 9.48 Å². The van der Waals surface area contributed by atoms with Gasteiger partial charge in [-0.2, -0.15) is 5.10 Å². The molecule has 3 heterocycles. The second-order valence-electron chi connectivity index (χ2n) is 6.46. The molecule has 0 spiro atoms. The number of aryl methyl sites for hydroxylation is 1. The third kappa shape index (κ3) is 3.47. The Morgan fingerprint density at radius 3 is 2.88 bits per heavy atom. The van der Waals surface area contributed by atoms with Crippen LogP contribution in [0.3, 0.4) is 0 Å². The summed E-state index contributed by atoms with van der Waals surface area (Å²) in [6, 6.07) is 9.81. The van der Waals surface area contributed by atoms with Crippen LogP contribution in [0.1, 0.15) is 27.3 Å². The fourth-order valence-corrected chi connectivity index (χ4v) is 4.57. The zero-order valence-corrected chi connectivity index (χ0v) is 16.7. The van der Waals surface area contributed by atoms with Gasteiger partial charge in [-0.15, -0.1) is 23.7 Å². The summed E-state index contributed by atoms with van der Waals surface area (Å²) in [6.07, 6.45) is 0.871. The van der Waals surface area contributed by atoms with E-state index in [0.29, 0.717) is 13.1 Å². The van der Waals surface area contributed by atoms with Crippen molar-refractivity contribution in [3.8, 4) is 0 Å². The lowest BCUT2D eigenvalue weighted by Crippen LogP contribution is -2.31. The summed E-state index contributed by atoms with van der Waals surface area (Å²) in [6.45, 7) is 3.93. The van der Waals surface area contributed by atoms with Crippen molar-refractivity contribution < 1.29 is 4.79 Å². The summed E-state index contributed by atoms with van der Waals surface area (Å²) in [4.78, 5) is 16.3. The van der Waals surface area contributed by atoms with E-state index in [4.69, 9.17) is 17.3 Å². The Bertz CT molecular complexity index is 952. The Labute approximate surface area is 167 Å². The highest BCUT2D eigenvalue weighted by Crippen LogP contribution is 2.31. The van der Waals surface area contributed by atoms with Gasteiger partial charge in [0, 0.05) is 29.5 Å². The Kier molecular flexibility index (Phi) is 5.58. The number of thiophene rings is 1. The van der Waals surface area contributed by atoms with Crippen LogP contribution in [0.5, 0.6) is 0 Å². The van der Waals surface area contributed by atoms with Gasteiger partial charge in [0.15, 0.2) is 0 Å². The smallest absolute Gasteiger partial charge is 0.264 e. The highest BCUT2D eigenvalue weighted by atomic mass is 35.5. The molecule has 1 atom stereocenters. The minimum Gasteiger partial charge on any atom is -0.336 e. The van der Waals surface area contributed by atoms with Crippen molar-refractivity contribution in [2.45, 2.75) is 25.9 Å². The molecule has 8 heteroatoms. The second-order valence-corrected chi connectivity index (χ2v) is 7.90. The highest BCUT2D eigenvalue weighted by Gasteiger charge is 2.26. The van der Waals surface area contributed by atoms with Gasteiger partial charge < -0.3 is 10.6 Å². The topological polar surface area (TPSA) is 64.2 Å². The van der Waals surface area contributed by atoms with Gasteiger partial charge in [-0.05, 0) is 31.0 Å². The first-order chi connectivity index (χ1) is 12.0. The third-order valence-corrected chi connectivity index (χ3v) is 6.11. The van der Waals surface area contributed by atoms with Crippen molar-refractivity contribution >= 4 is 51.5 Å². The van der Waals surface area contributed by atoms with Gasteiger partial charge in [-0.1, -0.05) is 29.8 Å². The van der Waals surface area contributed by atoms with Crippen molar-refractivity contribution in [3.63, 3.8) is 0 Å². The van der Waals surface area contributed by atoms with Crippen molar-refractivity contribution in [2.75, 3.05) is 13.1 Å². The predicted octanol–water partition coefficient (Wildman–Crippen LogP) is 3.70. The number of carbonyl (C=O) groups is 1. The number of nitrogens with zero attached hydrogens (tertiary/aromatic N) is 3. The molecule has 0 saturated carbocycles. The molecule has 2 N–H and O–H groups in total. The molecule has 1 aliphatic heterocycles. The van der Waals surface area contributed by atoms with Crippen LogP contribution < -0.4 is 5.73 Å². The summed E-state index contributed by atoms with van der Waals surface area (Å²) in [5.74, 6) is 0.0674. The SMILES string of the molecule is Cc1nn(Cc2ccccc2Cl)c2sc(C(=O)N3CC[C@@H](N)C3)cc12.Cl. The molecule has 1 aromatic carbocycles. The lowest BCUT2D eigenvalue weighted by molar-refractivity contribution is 0.0795. The molecule has 2 aromatic heterocycles. The number of fused-ring (bicyclic) bond motifs is 1. The first-order valence-electron chi connectivity index (χ1n) is 8.28. The van der Waals surface area contributed by atoms with Crippen LogP contribution in [-0.4, -0.2) is 39.7 Å². The van der Waals surface area contributed by atoms with Crippen LogP contribution in [0.15, 0.2) is 30.3 Å². The van der Waals surface area contributed by atoms with Crippen molar-refractivity contribution in [1.29, 1.82) is 0 Å². The molecule has 5 nitrogen and oxygen atoms in total. The first-order valence-corrected chi connectivity index (χ1v) is 9.47. The molecule has 1 saturated heterocycles. The van der Waals surface area contributed by atoms with Gasteiger partial charge in [0.05, 0.1) is 17.1 Å². The summed E-state index contributed by atoms with van der Waals surface area (Å²) >= 11 is 7.77. The van der Waals surface area contributed by atoms with E-state index in [1.165, 1.54) is 11.3 Å². The monoisotopic (exact) mass is 410 g/mol. The molecule has 3 aromatic rings. The predicted molar refractivity (Wildman–Crippen MR) is 109 cm³/mol. The second kappa shape index (κ2) is 7.56. The fraction of sp³-hybridized carbons (Fsp3) is 0.333. The molecular weight excluding hydrogens is 391 g/mol. The van der Waals surface area contributed by atoms with Crippen molar-refractivity contribution in [2.24, 2.45) is 5.73 Å². The van der Waals surface area contributed by atoms with Crippen LogP contribution in [0.25, 0.3) is 10.2 Å². The lowest BCUT2D eigenvalue weighted by Gasteiger charge is -2.14. The van der Waals surface area contributed by atoms with Crippen molar-refractivity contribution in [3.05, 3.63) is 51.5 Å². The molecular formula is C18H20Cl2N4OS. The first kappa shape index (κ1) is 19.2. The molecule has 0 bridgehead atoms. The summed E-state index contributed by atoms with van der Waals surface area (Å²) in [7, 11) is 0. The Balaban J connectivity index is 0.00000196. The van der Waals surface area contributed by atoms with Gasteiger partial charge >= 0.3 is 0 Å². The van der Waals surface area contributed by atoms with E-state index in [0.717, 1.165) is 44.3 Å². The molecule has 1 aliphatic rings. The largest absolute Gasteiger partial charge is 0.336 e. The van der Waals surface area contributed by atoms with Gasteiger partial charge in [0.2, 0.25) is 0 Å². The van der Waals surface area contributed by atoms with Gasteiger partial charge in [0.1, 0.15) is 4.83 Å². The van der Waals surface area contributed by atoms with Crippen LogP contribution in [0, 0.1) is 6.92 Å². The molecule has 138 valence electrons. The van der Waals surface area contributed by atoms with Gasteiger partial charge in [0.25, 0.3) is 5.91 Å². The fourth-order valence-electron chi connectivity index (χ4n) is 3.24. The van der Waals surface area contributed by atoms with Crippen LogP contribution in [0.2, 0.25) is 5.02 Å². The molecule has 4 rings (SSSR count). The summed E-state index contributed by atoms with van der Waals surface area (Å²) in [5, 5.41) is 6.38. The quantitative estimate of drug-likeness (QED) is 0.715. The number of likely N-dealkylation sites (tertiary alicyclic amines) is 1. The molecule has 1 fully saturated rings. The van der Waals surface area contributed by atoms with E-state index in [9.17, 15) is 4.79 Å². The molecule has 1 amide bonds. The number of aromatic nitrogens is 2. The number of amides is 1. The summed E-state index contributed by atoms with van der Waals surface area (Å²) in [5.41, 5.74) is 7.87.